The predicted octanol–water partition coefficient (Wildman–Crippen LogP) is 1.97. The molecule has 0 aromatic rings. The van der Waals surface area contributed by atoms with Crippen LogP contribution in [0.15, 0.2) is 0 Å². The Bertz CT molecular complexity index is 207. The maximum Gasteiger partial charge on any atom is 0.460 e. The number of rotatable bonds is 3. The number of nitrogens with one attached hydrogen (secondary N) is 1. The minimum atomic E-state index is -4.13. The minimum Gasteiger partial charge on any atom is -0.317 e. The van der Waals surface area contributed by atoms with E-state index in [1.54, 1.807) is 0 Å². The van der Waals surface area contributed by atoms with Gasteiger partial charge in [-0.15, -0.1) is 0 Å². The third kappa shape index (κ3) is 3.08. The van der Waals surface area contributed by atoms with E-state index < -0.39 is 6.30 Å². The number of hydrogen-bond donors (Lipinski definition) is 1. The Kier molecular flexibility index (Phi) is 3.21. The molecule has 1 aliphatic heterocycles. The fourth-order valence-electron chi connectivity index (χ4n) is 2.19. The van der Waals surface area contributed by atoms with Gasteiger partial charge in [0.05, 0.1) is 0 Å². The molecule has 2 rings (SSSR count). The van der Waals surface area contributed by atoms with Crippen LogP contribution in [-0.2, 0) is 0 Å². The van der Waals surface area contributed by atoms with Gasteiger partial charge in [-0.2, -0.15) is 13.2 Å². The molecule has 1 N–H and O–H groups in total. The maximum atomic E-state index is 12.7. The van der Waals surface area contributed by atoms with Crippen molar-refractivity contribution < 1.29 is 13.2 Å². The fraction of sp³-hybridized carbons (Fsp3) is 1.00. The molecule has 2 aliphatic rings. The third-order valence-corrected chi connectivity index (χ3v) is 3.23. The van der Waals surface area contributed by atoms with Crippen molar-refractivity contribution in [1.82, 2.24) is 10.2 Å². The van der Waals surface area contributed by atoms with Gasteiger partial charge in [0.1, 0.15) is 0 Å². The highest BCUT2D eigenvalue weighted by Gasteiger charge is 2.46. The zero-order valence-corrected chi connectivity index (χ0v) is 8.69. The van der Waals surface area contributed by atoms with Gasteiger partial charge in [0.15, 0.2) is 0 Å². The Hall–Kier alpha value is -0.290. The van der Waals surface area contributed by atoms with Gasteiger partial charge in [-0.25, -0.2) is 4.90 Å². The highest BCUT2D eigenvalue weighted by Crippen LogP contribution is 2.36. The van der Waals surface area contributed by atoms with Crippen molar-refractivity contribution in [1.29, 1.82) is 0 Å². The Morgan fingerprint density at radius 3 is 2.13 bits per heavy atom. The van der Waals surface area contributed by atoms with Crippen molar-refractivity contribution in [2.75, 3.05) is 19.6 Å². The van der Waals surface area contributed by atoms with Crippen LogP contribution < -0.4 is 5.32 Å². The summed E-state index contributed by atoms with van der Waals surface area (Å²) in [6.45, 7) is 1.93. The topological polar surface area (TPSA) is 15.3 Å². The largest absolute Gasteiger partial charge is 0.460 e. The molecule has 88 valence electrons. The van der Waals surface area contributed by atoms with Crippen molar-refractivity contribution in [3.63, 3.8) is 0 Å². The molecule has 0 unspecified atom stereocenters. The summed E-state index contributed by atoms with van der Waals surface area (Å²) in [5.74, 6) is 0.216. The lowest BCUT2D eigenvalue weighted by Crippen LogP contribution is -2.44. The van der Waals surface area contributed by atoms with Gasteiger partial charge in [-0.3, -0.25) is 0 Å². The summed E-state index contributed by atoms with van der Waals surface area (Å²) in [6.07, 6.45) is -0.959. The van der Waals surface area contributed by atoms with E-state index in [1.807, 2.05) is 0 Å². The molecule has 2 nitrogen and oxygen atoms in total. The molecule has 0 spiro atoms. The van der Waals surface area contributed by atoms with E-state index in [-0.39, 0.29) is 18.5 Å². The molecule has 1 aliphatic carbocycles. The Labute approximate surface area is 87.8 Å². The van der Waals surface area contributed by atoms with Crippen LogP contribution in [0.2, 0.25) is 0 Å². The summed E-state index contributed by atoms with van der Waals surface area (Å²) in [4.78, 5) is 0.753. The number of piperidine rings is 1. The first-order valence-corrected chi connectivity index (χ1v) is 5.61. The van der Waals surface area contributed by atoms with Gasteiger partial charge in [0, 0.05) is 12.6 Å². The monoisotopic (exact) mass is 222 g/mol. The van der Waals surface area contributed by atoms with E-state index in [1.165, 1.54) is 0 Å². The maximum absolute atomic E-state index is 12.7. The van der Waals surface area contributed by atoms with E-state index in [0.29, 0.717) is 12.8 Å². The molecular formula is C10H17F3N2. The zero-order chi connectivity index (χ0) is 10.9. The van der Waals surface area contributed by atoms with Crippen LogP contribution in [0.1, 0.15) is 25.7 Å². The van der Waals surface area contributed by atoms with Gasteiger partial charge in [-0.1, -0.05) is 0 Å². The first kappa shape index (κ1) is 11.2. The van der Waals surface area contributed by atoms with Crippen LogP contribution in [0.25, 0.3) is 0 Å². The fourth-order valence-corrected chi connectivity index (χ4v) is 2.19. The van der Waals surface area contributed by atoms with Crippen LogP contribution in [0, 0.1) is 5.92 Å². The van der Waals surface area contributed by atoms with Crippen molar-refractivity contribution in [3.8, 4) is 0 Å². The number of nitrogens with zero attached hydrogens (tertiary/aromatic N) is 1. The van der Waals surface area contributed by atoms with E-state index >= 15 is 0 Å². The van der Waals surface area contributed by atoms with Crippen molar-refractivity contribution in [2.24, 2.45) is 5.92 Å². The molecule has 1 heterocycles. The smallest absolute Gasteiger partial charge is 0.317 e. The molecule has 15 heavy (non-hydrogen) atoms. The van der Waals surface area contributed by atoms with Gasteiger partial charge < -0.3 is 5.32 Å². The number of hydrogen-bond acceptors (Lipinski definition) is 2. The second kappa shape index (κ2) is 4.29. The second-order valence-electron chi connectivity index (χ2n) is 4.54. The summed E-state index contributed by atoms with van der Waals surface area (Å²) >= 11 is 0. The Morgan fingerprint density at radius 1 is 1.07 bits per heavy atom. The van der Waals surface area contributed by atoms with E-state index in [9.17, 15) is 13.2 Å². The predicted molar refractivity (Wildman–Crippen MR) is 51.4 cm³/mol. The van der Waals surface area contributed by atoms with Crippen molar-refractivity contribution in [2.45, 2.75) is 38.0 Å². The zero-order valence-electron chi connectivity index (χ0n) is 8.69. The van der Waals surface area contributed by atoms with Crippen LogP contribution in [0.4, 0.5) is 13.2 Å². The summed E-state index contributed by atoms with van der Waals surface area (Å²) in [7, 11) is 0. The first-order valence-electron chi connectivity index (χ1n) is 5.61. The SMILES string of the molecule is FC(F)(F)N(CC1CCNCC1)C1CC1. The highest BCUT2D eigenvalue weighted by molar-refractivity contribution is 4.87. The summed E-state index contributed by atoms with van der Waals surface area (Å²) in [5.41, 5.74) is 0. The van der Waals surface area contributed by atoms with Crippen LogP contribution in [0.5, 0.6) is 0 Å². The molecule has 5 heteroatoms. The number of alkyl halides is 3. The molecule has 0 amide bonds. The molecule has 0 atom stereocenters. The third-order valence-electron chi connectivity index (χ3n) is 3.23. The molecule has 1 saturated heterocycles. The van der Waals surface area contributed by atoms with Crippen molar-refractivity contribution in [3.05, 3.63) is 0 Å². The van der Waals surface area contributed by atoms with Gasteiger partial charge in [0.2, 0.25) is 0 Å². The van der Waals surface area contributed by atoms with Crippen LogP contribution >= 0.6 is 0 Å². The Balaban J connectivity index is 1.88. The minimum absolute atomic E-state index is 0.204. The highest BCUT2D eigenvalue weighted by atomic mass is 19.4. The quantitative estimate of drug-likeness (QED) is 0.734. The van der Waals surface area contributed by atoms with Crippen LogP contribution in [0.3, 0.4) is 0 Å². The van der Waals surface area contributed by atoms with E-state index in [4.69, 9.17) is 0 Å². The molecule has 2 fully saturated rings. The number of halogens is 3. The lowest BCUT2D eigenvalue weighted by Gasteiger charge is -2.31. The van der Waals surface area contributed by atoms with Gasteiger partial charge in [-0.05, 0) is 44.7 Å². The van der Waals surface area contributed by atoms with Gasteiger partial charge in [0.25, 0.3) is 0 Å². The average Bonchev–Trinajstić information content (AvgIpc) is 2.97. The second-order valence-corrected chi connectivity index (χ2v) is 4.54. The average molecular weight is 222 g/mol. The summed E-state index contributed by atoms with van der Waals surface area (Å²) in [6, 6.07) is -0.222. The van der Waals surface area contributed by atoms with E-state index in [2.05, 4.69) is 5.32 Å². The van der Waals surface area contributed by atoms with Crippen molar-refractivity contribution >= 4 is 0 Å². The first-order chi connectivity index (χ1) is 7.07. The Morgan fingerprint density at radius 2 is 1.67 bits per heavy atom. The summed E-state index contributed by atoms with van der Waals surface area (Å²) in [5, 5.41) is 3.17. The molecule has 0 aromatic heterocycles. The van der Waals surface area contributed by atoms with Gasteiger partial charge >= 0.3 is 6.30 Å². The van der Waals surface area contributed by atoms with E-state index in [0.717, 1.165) is 30.8 Å². The molecule has 1 saturated carbocycles. The molecule has 0 bridgehead atoms. The molecule has 0 radical (unpaired) electrons. The standard InChI is InChI=1S/C10H17F3N2/c11-10(12,13)15(9-1-2-9)7-8-3-5-14-6-4-8/h8-9,14H,1-7H2. The normalized spacial score (nSPS) is 24.8. The lowest BCUT2D eigenvalue weighted by molar-refractivity contribution is -0.252. The van der Waals surface area contributed by atoms with Crippen LogP contribution in [-0.4, -0.2) is 36.9 Å². The lowest BCUT2D eigenvalue weighted by atomic mass is 9.97. The summed E-state index contributed by atoms with van der Waals surface area (Å²) < 4.78 is 38.0. The molecule has 0 aromatic carbocycles. The molecular weight excluding hydrogens is 205 g/mol.